The molecule has 34 heavy (non-hydrogen) atoms. The molecule has 0 saturated carbocycles. The highest BCUT2D eigenvalue weighted by Gasteiger charge is 2.20. The number of hydrogen-bond donors (Lipinski definition) is 1. The van der Waals surface area contributed by atoms with Crippen LogP contribution in [0.5, 0.6) is 0 Å². The van der Waals surface area contributed by atoms with Crippen LogP contribution in [0.2, 0.25) is 0 Å². The number of fused-ring (bicyclic) bond motifs is 3. The summed E-state index contributed by atoms with van der Waals surface area (Å²) in [6.07, 6.45) is 6.26. The lowest BCUT2D eigenvalue weighted by Crippen LogP contribution is -2.48. The predicted octanol–water partition coefficient (Wildman–Crippen LogP) is 2.66. The Morgan fingerprint density at radius 3 is 2.59 bits per heavy atom. The minimum Gasteiger partial charge on any atom is -0.355 e. The zero-order chi connectivity index (χ0) is 23.3. The van der Waals surface area contributed by atoms with Crippen LogP contribution in [-0.4, -0.2) is 64.5 Å². The number of benzene rings is 1. The number of aryl methyl sites for hydroxylation is 3. The highest BCUT2D eigenvalue weighted by Crippen LogP contribution is 2.33. The topological polar surface area (TPSA) is 70.5 Å². The van der Waals surface area contributed by atoms with E-state index in [4.69, 9.17) is 0 Å². The molecule has 0 spiro atoms. The molecule has 1 aromatic carbocycles. The summed E-state index contributed by atoms with van der Waals surface area (Å²) in [5.41, 5.74) is 2.56. The Morgan fingerprint density at radius 2 is 1.76 bits per heavy atom. The van der Waals surface area contributed by atoms with Gasteiger partial charge in [0.05, 0.1) is 11.7 Å². The molecule has 5 rings (SSSR count). The number of amides is 1. The van der Waals surface area contributed by atoms with E-state index in [2.05, 4.69) is 50.4 Å². The van der Waals surface area contributed by atoms with E-state index in [9.17, 15) is 9.59 Å². The average molecular weight is 480 g/mol. The van der Waals surface area contributed by atoms with Crippen LogP contribution in [-0.2, 0) is 30.7 Å². The van der Waals surface area contributed by atoms with Crippen molar-refractivity contribution in [2.45, 2.75) is 45.2 Å². The van der Waals surface area contributed by atoms with Gasteiger partial charge in [-0.3, -0.25) is 24.0 Å². The first-order valence-corrected chi connectivity index (χ1v) is 13.2. The normalized spacial score (nSPS) is 17.1. The largest absolute Gasteiger partial charge is 0.355 e. The van der Waals surface area contributed by atoms with Gasteiger partial charge in [-0.05, 0) is 36.8 Å². The minimum absolute atomic E-state index is 0.00516. The van der Waals surface area contributed by atoms with Gasteiger partial charge in [-0.1, -0.05) is 30.3 Å². The number of thiophene rings is 1. The van der Waals surface area contributed by atoms with Crippen LogP contribution < -0.4 is 10.9 Å². The van der Waals surface area contributed by atoms with Crippen LogP contribution in [0.1, 0.15) is 35.3 Å². The van der Waals surface area contributed by atoms with Crippen molar-refractivity contribution in [2.24, 2.45) is 0 Å². The number of rotatable bonds is 8. The molecule has 0 radical (unpaired) electrons. The second kappa shape index (κ2) is 10.8. The minimum atomic E-state index is -0.0120. The van der Waals surface area contributed by atoms with Crippen molar-refractivity contribution < 1.29 is 4.79 Å². The third-order valence-electron chi connectivity index (χ3n) is 6.99. The first kappa shape index (κ1) is 23.2. The summed E-state index contributed by atoms with van der Waals surface area (Å²) in [4.78, 5) is 37.0. The molecule has 8 heteroatoms. The fraction of sp³-hybridized carbons (Fsp3) is 0.500. The van der Waals surface area contributed by atoms with Crippen molar-refractivity contribution in [1.29, 1.82) is 0 Å². The molecular weight excluding hydrogens is 446 g/mol. The van der Waals surface area contributed by atoms with Crippen LogP contribution in [0.25, 0.3) is 10.2 Å². The van der Waals surface area contributed by atoms with Crippen molar-refractivity contribution in [1.82, 2.24) is 24.7 Å². The molecule has 1 amide bonds. The van der Waals surface area contributed by atoms with Gasteiger partial charge in [0, 0.05) is 63.7 Å². The SMILES string of the molecule is O=C(CCn1cnc2sc3c(c2c1=O)CCCC3)NCCN1CCN(Cc2ccccc2)CC1. The van der Waals surface area contributed by atoms with Crippen LogP contribution in [0, 0.1) is 0 Å². The Balaban J connectivity index is 1.05. The van der Waals surface area contributed by atoms with Crippen LogP contribution >= 0.6 is 11.3 Å². The molecule has 0 unspecified atom stereocenters. The first-order chi connectivity index (χ1) is 16.7. The van der Waals surface area contributed by atoms with E-state index in [0.717, 1.165) is 68.7 Å². The highest BCUT2D eigenvalue weighted by molar-refractivity contribution is 7.18. The Labute approximate surface area is 204 Å². The van der Waals surface area contributed by atoms with Crippen LogP contribution in [0.3, 0.4) is 0 Å². The average Bonchev–Trinajstić information content (AvgIpc) is 3.25. The highest BCUT2D eigenvalue weighted by atomic mass is 32.1. The van der Waals surface area contributed by atoms with Gasteiger partial charge in [-0.2, -0.15) is 0 Å². The van der Waals surface area contributed by atoms with E-state index in [1.165, 1.54) is 22.4 Å². The zero-order valence-electron chi connectivity index (χ0n) is 19.7. The number of carbonyl (C=O) groups is 1. The maximum Gasteiger partial charge on any atom is 0.262 e. The van der Waals surface area contributed by atoms with E-state index >= 15 is 0 Å². The van der Waals surface area contributed by atoms with E-state index in [-0.39, 0.29) is 11.5 Å². The molecule has 0 bridgehead atoms. The number of nitrogens with one attached hydrogen (secondary N) is 1. The third kappa shape index (κ3) is 5.40. The lowest BCUT2D eigenvalue weighted by molar-refractivity contribution is -0.121. The molecule has 0 atom stereocenters. The molecule has 1 aliphatic carbocycles. The quantitative estimate of drug-likeness (QED) is 0.538. The van der Waals surface area contributed by atoms with Crippen LogP contribution in [0.15, 0.2) is 41.5 Å². The van der Waals surface area contributed by atoms with Gasteiger partial charge in [-0.25, -0.2) is 4.98 Å². The molecule has 1 N–H and O–H groups in total. The van der Waals surface area contributed by atoms with Gasteiger partial charge in [-0.15, -0.1) is 11.3 Å². The van der Waals surface area contributed by atoms with E-state index < -0.39 is 0 Å². The molecule has 1 aliphatic heterocycles. The standard InChI is InChI=1S/C26H33N5O2S/c32-23(27-11-13-29-14-16-30(17-15-29)18-20-6-2-1-3-7-20)10-12-31-19-28-25-24(26(31)33)21-8-4-5-9-22(21)34-25/h1-3,6-7,19H,4-5,8-18H2,(H,27,32). The number of piperazine rings is 1. The van der Waals surface area contributed by atoms with Crippen molar-refractivity contribution >= 4 is 27.5 Å². The summed E-state index contributed by atoms with van der Waals surface area (Å²) in [6, 6.07) is 10.6. The molecule has 7 nitrogen and oxygen atoms in total. The molecule has 3 aromatic rings. The smallest absolute Gasteiger partial charge is 0.262 e. The van der Waals surface area contributed by atoms with E-state index in [1.54, 1.807) is 22.2 Å². The van der Waals surface area contributed by atoms with Gasteiger partial charge >= 0.3 is 0 Å². The second-order valence-electron chi connectivity index (χ2n) is 9.34. The summed E-state index contributed by atoms with van der Waals surface area (Å²) < 4.78 is 1.61. The monoisotopic (exact) mass is 479 g/mol. The van der Waals surface area contributed by atoms with Gasteiger partial charge in [0.2, 0.25) is 5.91 Å². The molecule has 1 saturated heterocycles. The molecule has 2 aliphatic rings. The Bertz CT molecular complexity index is 1180. The van der Waals surface area contributed by atoms with Crippen molar-refractivity contribution in [3.8, 4) is 0 Å². The summed E-state index contributed by atoms with van der Waals surface area (Å²) >= 11 is 1.66. The van der Waals surface area contributed by atoms with E-state index in [0.29, 0.717) is 19.5 Å². The maximum absolute atomic E-state index is 13.0. The van der Waals surface area contributed by atoms with Crippen LogP contribution in [0.4, 0.5) is 0 Å². The Hall–Kier alpha value is -2.55. The number of aromatic nitrogens is 2. The van der Waals surface area contributed by atoms with Crippen molar-refractivity contribution in [2.75, 3.05) is 39.3 Å². The lowest BCUT2D eigenvalue weighted by atomic mass is 9.97. The fourth-order valence-corrected chi connectivity index (χ4v) is 6.24. The number of hydrogen-bond acceptors (Lipinski definition) is 6. The number of nitrogens with zero attached hydrogens (tertiary/aromatic N) is 4. The maximum atomic E-state index is 13.0. The molecule has 180 valence electrons. The molecular formula is C26H33N5O2S. The third-order valence-corrected chi connectivity index (χ3v) is 8.19. The van der Waals surface area contributed by atoms with Crippen molar-refractivity contribution in [3.63, 3.8) is 0 Å². The second-order valence-corrected chi connectivity index (χ2v) is 10.4. The summed E-state index contributed by atoms with van der Waals surface area (Å²) in [5, 5.41) is 3.81. The van der Waals surface area contributed by atoms with Gasteiger partial charge in [0.15, 0.2) is 0 Å². The predicted molar refractivity (Wildman–Crippen MR) is 136 cm³/mol. The lowest BCUT2D eigenvalue weighted by Gasteiger charge is -2.34. The van der Waals surface area contributed by atoms with Gasteiger partial charge in [0.25, 0.3) is 5.56 Å². The fourth-order valence-electron chi connectivity index (χ4n) is 5.02. The first-order valence-electron chi connectivity index (χ1n) is 12.4. The summed E-state index contributed by atoms with van der Waals surface area (Å²) in [6.45, 7) is 7.02. The van der Waals surface area contributed by atoms with Gasteiger partial charge < -0.3 is 5.32 Å². The van der Waals surface area contributed by atoms with E-state index in [1.807, 2.05) is 0 Å². The Morgan fingerprint density at radius 1 is 1.00 bits per heavy atom. The zero-order valence-corrected chi connectivity index (χ0v) is 20.5. The van der Waals surface area contributed by atoms with Gasteiger partial charge in [0.1, 0.15) is 4.83 Å². The summed E-state index contributed by atoms with van der Waals surface area (Å²) in [7, 11) is 0. The van der Waals surface area contributed by atoms with Crippen molar-refractivity contribution in [3.05, 3.63) is 63.0 Å². The molecule has 1 fully saturated rings. The summed E-state index contributed by atoms with van der Waals surface area (Å²) in [5.74, 6) is -0.0120. The molecule has 3 heterocycles. The number of carbonyl (C=O) groups excluding carboxylic acids is 1. The molecule has 2 aromatic heterocycles. The Kier molecular flexibility index (Phi) is 7.37.